The molecular weight excluding hydrogens is 284 g/mol. The molecule has 0 bridgehead atoms. The molecule has 2 aromatic rings. The van der Waals surface area contributed by atoms with Gasteiger partial charge in [0.05, 0.1) is 11.4 Å². The maximum atomic E-state index is 4.74. The van der Waals surface area contributed by atoms with Gasteiger partial charge in [0.2, 0.25) is 0 Å². The summed E-state index contributed by atoms with van der Waals surface area (Å²) >= 11 is 0. The van der Waals surface area contributed by atoms with Crippen LogP contribution in [0.3, 0.4) is 0 Å². The van der Waals surface area contributed by atoms with Crippen LogP contribution in [0.25, 0.3) is 6.08 Å². The molecule has 0 aliphatic heterocycles. The normalized spacial score (nSPS) is 12.9. The molecule has 0 aliphatic carbocycles. The molecule has 4 heteroatoms. The SMILES string of the molecule is CCCN=C(/C(C)=C/c1ccn(CC(C)C)n1)c1cccnc1. The van der Waals surface area contributed by atoms with Crippen LogP contribution in [-0.2, 0) is 6.54 Å². The van der Waals surface area contributed by atoms with E-state index in [0.717, 1.165) is 42.1 Å². The molecule has 0 radical (unpaired) electrons. The first-order valence-electron chi connectivity index (χ1n) is 8.27. The summed E-state index contributed by atoms with van der Waals surface area (Å²) in [6, 6.07) is 6.05. The predicted octanol–water partition coefficient (Wildman–Crippen LogP) is 4.24. The van der Waals surface area contributed by atoms with Gasteiger partial charge in [0.15, 0.2) is 0 Å². The molecule has 23 heavy (non-hydrogen) atoms. The number of allylic oxidation sites excluding steroid dienone is 1. The van der Waals surface area contributed by atoms with Crippen molar-refractivity contribution in [3.8, 4) is 0 Å². The minimum atomic E-state index is 0.588. The van der Waals surface area contributed by atoms with Crippen molar-refractivity contribution < 1.29 is 0 Å². The first kappa shape index (κ1) is 17.1. The van der Waals surface area contributed by atoms with Gasteiger partial charge in [-0.3, -0.25) is 14.7 Å². The van der Waals surface area contributed by atoms with Crippen molar-refractivity contribution in [2.45, 2.75) is 40.7 Å². The molecule has 0 atom stereocenters. The third-order valence-corrected chi connectivity index (χ3v) is 3.38. The van der Waals surface area contributed by atoms with Crippen LogP contribution >= 0.6 is 0 Å². The minimum Gasteiger partial charge on any atom is -0.284 e. The average molecular weight is 310 g/mol. The fraction of sp³-hybridized carbons (Fsp3) is 0.421. The van der Waals surface area contributed by atoms with Crippen molar-refractivity contribution >= 4 is 11.8 Å². The molecule has 4 nitrogen and oxygen atoms in total. The van der Waals surface area contributed by atoms with Crippen molar-refractivity contribution in [2.75, 3.05) is 6.54 Å². The second-order valence-electron chi connectivity index (χ2n) is 6.16. The number of rotatable bonds is 7. The molecule has 0 saturated carbocycles. The summed E-state index contributed by atoms with van der Waals surface area (Å²) < 4.78 is 2.00. The third-order valence-electron chi connectivity index (χ3n) is 3.38. The van der Waals surface area contributed by atoms with E-state index in [1.165, 1.54) is 0 Å². The van der Waals surface area contributed by atoms with Crippen LogP contribution < -0.4 is 0 Å². The largest absolute Gasteiger partial charge is 0.284 e. The van der Waals surface area contributed by atoms with Gasteiger partial charge in [0.1, 0.15) is 0 Å². The monoisotopic (exact) mass is 310 g/mol. The maximum Gasteiger partial charge on any atom is 0.0854 e. The molecule has 0 N–H and O–H groups in total. The highest BCUT2D eigenvalue weighted by Crippen LogP contribution is 2.13. The van der Waals surface area contributed by atoms with Gasteiger partial charge in [0, 0.05) is 37.2 Å². The van der Waals surface area contributed by atoms with Gasteiger partial charge < -0.3 is 0 Å². The third kappa shape index (κ3) is 5.16. The number of nitrogens with zero attached hydrogens (tertiary/aromatic N) is 4. The zero-order chi connectivity index (χ0) is 16.7. The summed E-state index contributed by atoms with van der Waals surface area (Å²) in [5.74, 6) is 0.588. The molecule has 0 amide bonds. The molecule has 2 heterocycles. The molecule has 2 aromatic heterocycles. The van der Waals surface area contributed by atoms with Gasteiger partial charge in [-0.05, 0) is 49.1 Å². The van der Waals surface area contributed by atoms with E-state index in [1.807, 2.05) is 29.2 Å². The molecule has 0 aliphatic rings. The zero-order valence-corrected chi connectivity index (χ0v) is 14.5. The molecule has 0 spiro atoms. The molecule has 0 aromatic carbocycles. The smallest absolute Gasteiger partial charge is 0.0854 e. The average Bonchev–Trinajstić information content (AvgIpc) is 2.95. The van der Waals surface area contributed by atoms with Crippen LogP contribution in [0.15, 0.2) is 47.4 Å². The molecule has 2 rings (SSSR count). The van der Waals surface area contributed by atoms with E-state index < -0.39 is 0 Å². The van der Waals surface area contributed by atoms with Crippen LogP contribution in [0.4, 0.5) is 0 Å². The summed E-state index contributed by atoms with van der Waals surface area (Å²) in [4.78, 5) is 8.95. The standard InChI is InChI=1S/C19H26N4/c1-5-9-21-19(17-7-6-10-20-13-17)16(4)12-18-8-11-23(22-18)14-15(2)3/h6-8,10-13,15H,5,9,14H2,1-4H3/b16-12+,21-19?. The lowest BCUT2D eigenvalue weighted by Crippen LogP contribution is -2.06. The van der Waals surface area contributed by atoms with Gasteiger partial charge in [-0.25, -0.2) is 0 Å². The summed E-state index contributed by atoms with van der Waals surface area (Å²) in [6.07, 6.45) is 8.81. The number of pyridine rings is 1. The van der Waals surface area contributed by atoms with Gasteiger partial charge in [0.25, 0.3) is 0 Å². The van der Waals surface area contributed by atoms with E-state index in [9.17, 15) is 0 Å². The van der Waals surface area contributed by atoms with Crippen LogP contribution in [0, 0.1) is 5.92 Å². The van der Waals surface area contributed by atoms with E-state index in [4.69, 9.17) is 4.99 Å². The maximum absolute atomic E-state index is 4.74. The van der Waals surface area contributed by atoms with E-state index in [1.54, 1.807) is 6.20 Å². The van der Waals surface area contributed by atoms with Crippen molar-refractivity contribution in [3.05, 3.63) is 53.6 Å². The lowest BCUT2D eigenvalue weighted by molar-refractivity contribution is 0.482. The van der Waals surface area contributed by atoms with Gasteiger partial charge in [-0.15, -0.1) is 0 Å². The molecule has 122 valence electrons. The van der Waals surface area contributed by atoms with Crippen molar-refractivity contribution in [1.82, 2.24) is 14.8 Å². The Labute approximate surface area is 139 Å². The summed E-state index contributed by atoms with van der Waals surface area (Å²) in [5.41, 5.74) is 4.13. The second-order valence-corrected chi connectivity index (χ2v) is 6.16. The topological polar surface area (TPSA) is 43.1 Å². The Morgan fingerprint density at radius 2 is 2.17 bits per heavy atom. The molecule has 0 unspecified atom stereocenters. The highest BCUT2D eigenvalue weighted by atomic mass is 15.3. The van der Waals surface area contributed by atoms with Gasteiger partial charge in [-0.1, -0.05) is 20.8 Å². The van der Waals surface area contributed by atoms with Gasteiger partial charge >= 0.3 is 0 Å². The summed E-state index contributed by atoms with van der Waals surface area (Å²) in [5, 5.41) is 4.62. The Morgan fingerprint density at radius 1 is 1.35 bits per heavy atom. The van der Waals surface area contributed by atoms with Crippen LogP contribution in [0.5, 0.6) is 0 Å². The van der Waals surface area contributed by atoms with Crippen LogP contribution in [0.2, 0.25) is 0 Å². The molecule has 0 saturated heterocycles. The van der Waals surface area contributed by atoms with Crippen molar-refractivity contribution in [1.29, 1.82) is 0 Å². The Kier molecular flexibility index (Phi) is 6.27. The first-order valence-corrected chi connectivity index (χ1v) is 8.27. The second kappa shape index (κ2) is 8.42. The zero-order valence-electron chi connectivity index (χ0n) is 14.5. The van der Waals surface area contributed by atoms with E-state index in [2.05, 4.69) is 49.9 Å². The van der Waals surface area contributed by atoms with E-state index in [0.29, 0.717) is 5.92 Å². The quantitative estimate of drug-likeness (QED) is 0.718. The summed E-state index contributed by atoms with van der Waals surface area (Å²) in [6.45, 7) is 10.4. The molecular formula is C19H26N4. The predicted molar refractivity (Wildman–Crippen MR) is 96.6 cm³/mol. The van der Waals surface area contributed by atoms with Crippen LogP contribution in [0.1, 0.15) is 45.4 Å². The first-order chi connectivity index (χ1) is 11.1. The number of aromatic nitrogens is 3. The lowest BCUT2D eigenvalue weighted by Gasteiger charge is -2.07. The fourth-order valence-electron chi connectivity index (χ4n) is 2.39. The minimum absolute atomic E-state index is 0.588. The Morgan fingerprint density at radius 3 is 2.83 bits per heavy atom. The summed E-state index contributed by atoms with van der Waals surface area (Å²) in [7, 11) is 0. The Balaban J connectivity index is 2.26. The number of hydrogen-bond donors (Lipinski definition) is 0. The Hall–Kier alpha value is -2.23. The van der Waals surface area contributed by atoms with Crippen molar-refractivity contribution in [2.24, 2.45) is 10.9 Å². The van der Waals surface area contributed by atoms with E-state index >= 15 is 0 Å². The van der Waals surface area contributed by atoms with Crippen molar-refractivity contribution in [3.63, 3.8) is 0 Å². The Bertz CT molecular complexity index is 666. The number of aliphatic imine (C=N–C) groups is 1. The van der Waals surface area contributed by atoms with Gasteiger partial charge in [-0.2, -0.15) is 5.10 Å². The highest BCUT2D eigenvalue weighted by molar-refractivity contribution is 6.14. The number of hydrogen-bond acceptors (Lipinski definition) is 3. The highest BCUT2D eigenvalue weighted by Gasteiger charge is 2.07. The lowest BCUT2D eigenvalue weighted by atomic mass is 10.0. The molecule has 0 fully saturated rings. The van der Waals surface area contributed by atoms with E-state index in [-0.39, 0.29) is 0 Å². The fourth-order valence-corrected chi connectivity index (χ4v) is 2.39. The van der Waals surface area contributed by atoms with Crippen LogP contribution in [-0.4, -0.2) is 27.0 Å².